The molecule has 2 bridgehead atoms. The van der Waals surface area contributed by atoms with E-state index >= 15 is 0 Å². The van der Waals surface area contributed by atoms with Crippen molar-refractivity contribution >= 4 is 5.69 Å². The molecule has 2 aliphatic rings. The first-order valence-electron chi connectivity index (χ1n) is 7.19. The molecule has 6 heteroatoms. The van der Waals surface area contributed by atoms with Gasteiger partial charge in [0.25, 0.3) is 0 Å². The molecule has 0 aromatic carbocycles. The molecule has 20 heavy (non-hydrogen) atoms. The van der Waals surface area contributed by atoms with Crippen LogP contribution in [0, 0.1) is 5.92 Å². The molecule has 0 radical (unpaired) electrons. The van der Waals surface area contributed by atoms with Crippen molar-refractivity contribution in [1.82, 2.24) is 24.6 Å². The molecule has 2 aliphatic heterocycles. The maximum Gasteiger partial charge on any atom is 0.178 e. The van der Waals surface area contributed by atoms with Crippen LogP contribution in [0.5, 0.6) is 0 Å². The van der Waals surface area contributed by atoms with E-state index in [9.17, 15) is 0 Å². The van der Waals surface area contributed by atoms with E-state index in [1.807, 2.05) is 6.07 Å². The minimum Gasteiger partial charge on any atom is -0.379 e. The monoisotopic (exact) mass is 270 g/mol. The number of pyridine rings is 1. The molecule has 4 rings (SSSR count). The Morgan fingerprint density at radius 3 is 3.10 bits per heavy atom. The average molecular weight is 270 g/mol. The van der Waals surface area contributed by atoms with Crippen LogP contribution in [0.2, 0.25) is 0 Å². The lowest BCUT2D eigenvalue weighted by Crippen LogP contribution is -2.39. The topological polar surface area (TPSA) is 58.9 Å². The van der Waals surface area contributed by atoms with Crippen molar-refractivity contribution in [2.24, 2.45) is 5.92 Å². The quantitative estimate of drug-likeness (QED) is 0.907. The third-order valence-corrected chi connectivity index (χ3v) is 4.40. The Hall–Kier alpha value is -1.95. The van der Waals surface area contributed by atoms with Gasteiger partial charge < -0.3 is 10.2 Å². The second kappa shape index (κ2) is 4.86. The predicted molar refractivity (Wildman–Crippen MR) is 75.7 cm³/mol. The normalized spacial score (nSPS) is 28.5. The minimum absolute atomic E-state index is 0.542. The minimum atomic E-state index is 0.542. The van der Waals surface area contributed by atoms with Gasteiger partial charge in [-0.2, -0.15) is 5.10 Å². The Labute approximate surface area is 117 Å². The van der Waals surface area contributed by atoms with Crippen molar-refractivity contribution in [2.45, 2.75) is 18.9 Å². The zero-order valence-corrected chi connectivity index (χ0v) is 11.3. The molecule has 6 nitrogen and oxygen atoms in total. The Morgan fingerprint density at radius 2 is 2.20 bits per heavy atom. The Kier molecular flexibility index (Phi) is 2.88. The zero-order chi connectivity index (χ0) is 13.4. The largest absolute Gasteiger partial charge is 0.379 e. The summed E-state index contributed by atoms with van der Waals surface area (Å²) in [6.07, 6.45) is 7.52. The third-order valence-electron chi connectivity index (χ3n) is 4.40. The van der Waals surface area contributed by atoms with E-state index in [0.717, 1.165) is 17.4 Å². The molecule has 2 aromatic heterocycles. The molecule has 0 saturated carbocycles. The summed E-state index contributed by atoms with van der Waals surface area (Å²) in [5.74, 6) is 1.58. The molecule has 2 aromatic rings. The van der Waals surface area contributed by atoms with Crippen molar-refractivity contribution in [2.75, 3.05) is 25.0 Å². The van der Waals surface area contributed by atoms with Gasteiger partial charge in [-0.05, 0) is 37.4 Å². The van der Waals surface area contributed by atoms with Crippen LogP contribution in [-0.2, 0) is 0 Å². The van der Waals surface area contributed by atoms with Crippen molar-refractivity contribution in [1.29, 1.82) is 0 Å². The van der Waals surface area contributed by atoms with Crippen LogP contribution in [0.4, 0.5) is 5.69 Å². The number of piperidine rings is 1. The SMILES string of the molecule is c1cnc(-n2cncn2)c(NC2CCN3CCC2C3)c1. The maximum atomic E-state index is 4.44. The van der Waals surface area contributed by atoms with Gasteiger partial charge in [-0.1, -0.05) is 0 Å². The van der Waals surface area contributed by atoms with Crippen molar-refractivity contribution in [3.05, 3.63) is 31.0 Å². The zero-order valence-electron chi connectivity index (χ0n) is 11.3. The number of fused-ring (bicyclic) bond motifs is 2. The van der Waals surface area contributed by atoms with E-state index in [-0.39, 0.29) is 0 Å². The number of anilines is 1. The summed E-state index contributed by atoms with van der Waals surface area (Å²) in [5, 5.41) is 7.87. The highest BCUT2D eigenvalue weighted by Crippen LogP contribution is 2.30. The van der Waals surface area contributed by atoms with Gasteiger partial charge >= 0.3 is 0 Å². The smallest absolute Gasteiger partial charge is 0.178 e. The van der Waals surface area contributed by atoms with Gasteiger partial charge in [0.1, 0.15) is 12.7 Å². The highest BCUT2D eigenvalue weighted by Gasteiger charge is 2.34. The van der Waals surface area contributed by atoms with E-state index in [0.29, 0.717) is 6.04 Å². The van der Waals surface area contributed by atoms with E-state index in [1.54, 1.807) is 17.2 Å². The number of hydrogen-bond acceptors (Lipinski definition) is 5. The highest BCUT2D eigenvalue weighted by atomic mass is 15.3. The highest BCUT2D eigenvalue weighted by molar-refractivity contribution is 5.56. The molecule has 3 atom stereocenters. The second-order valence-electron chi connectivity index (χ2n) is 5.60. The van der Waals surface area contributed by atoms with Crippen LogP contribution in [0.1, 0.15) is 12.8 Å². The molecular formula is C14H18N6. The molecule has 2 fully saturated rings. The fraction of sp³-hybridized carbons (Fsp3) is 0.500. The Balaban J connectivity index is 1.60. The first-order chi connectivity index (χ1) is 9.90. The lowest BCUT2D eigenvalue weighted by molar-refractivity contribution is 0.255. The number of nitrogens with zero attached hydrogens (tertiary/aromatic N) is 5. The van der Waals surface area contributed by atoms with Gasteiger partial charge in [0, 0.05) is 25.3 Å². The average Bonchev–Trinajstić information content (AvgIpc) is 3.13. The molecule has 2 saturated heterocycles. The molecule has 104 valence electrons. The van der Waals surface area contributed by atoms with Gasteiger partial charge in [0.2, 0.25) is 0 Å². The van der Waals surface area contributed by atoms with Gasteiger partial charge in [-0.15, -0.1) is 0 Å². The third kappa shape index (κ3) is 2.06. The van der Waals surface area contributed by atoms with Crippen molar-refractivity contribution in [3.8, 4) is 5.82 Å². The van der Waals surface area contributed by atoms with Gasteiger partial charge in [0.05, 0.1) is 5.69 Å². The van der Waals surface area contributed by atoms with Crippen LogP contribution < -0.4 is 5.32 Å². The van der Waals surface area contributed by atoms with E-state index < -0.39 is 0 Å². The molecule has 3 unspecified atom stereocenters. The Bertz CT molecular complexity index is 581. The van der Waals surface area contributed by atoms with Gasteiger partial charge in [-0.25, -0.2) is 14.6 Å². The Morgan fingerprint density at radius 1 is 1.25 bits per heavy atom. The molecule has 0 aliphatic carbocycles. The number of rotatable bonds is 3. The van der Waals surface area contributed by atoms with Crippen molar-refractivity contribution in [3.63, 3.8) is 0 Å². The van der Waals surface area contributed by atoms with Crippen molar-refractivity contribution < 1.29 is 0 Å². The second-order valence-corrected chi connectivity index (χ2v) is 5.60. The van der Waals surface area contributed by atoms with Gasteiger partial charge in [-0.3, -0.25) is 0 Å². The summed E-state index contributed by atoms with van der Waals surface area (Å²) in [4.78, 5) is 11.0. The summed E-state index contributed by atoms with van der Waals surface area (Å²) in [5.41, 5.74) is 1.04. The van der Waals surface area contributed by atoms with E-state index in [2.05, 4.69) is 31.3 Å². The fourth-order valence-electron chi connectivity index (χ4n) is 3.35. The lowest BCUT2D eigenvalue weighted by atomic mass is 9.94. The molecule has 4 heterocycles. The molecule has 1 N–H and O–H groups in total. The fourth-order valence-corrected chi connectivity index (χ4v) is 3.35. The van der Waals surface area contributed by atoms with Crippen LogP contribution in [0.3, 0.4) is 0 Å². The summed E-state index contributed by atoms with van der Waals surface area (Å²) >= 11 is 0. The van der Waals surface area contributed by atoms with E-state index in [4.69, 9.17) is 0 Å². The van der Waals surface area contributed by atoms with E-state index in [1.165, 1.54) is 38.8 Å². The molecular weight excluding hydrogens is 252 g/mol. The molecule has 0 spiro atoms. The van der Waals surface area contributed by atoms with Crippen LogP contribution in [0.15, 0.2) is 31.0 Å². The summed E-state index contributed by atoms with van der Waals surface area (Å²) in [6.45, 7) is 3.69. The first-order valence-corrected chi connectivity index (χ1v) is 7.19. The number of aromatic nitrogens is 4. The van der Waals surface area contributed by atoms with Crippen LogP contribution in [-0.4, -0.2) is 50.3 Å². The van der Waals surface area contributed by atoms with Crippen LogP contribution >= 0.6 is 0 Å². The first kappa shape index (κ1) is 11.8. The summed E-state index contributed by atoms with van der Waals surface area (Å²) < 4.78 is 1.71. The van der Waals surface area contributed by atoms with Crippen LogP contribution in [0.25, 0.3) is 5.82 Å². The molecule has 0 amide bonds. The number of hydrogen-bond donors (Lipinski definition) is 1. The number of nitrogens with one attached hydrogen (secondary N) is 1. The summed E-state index contributed by atoms with van der Waals surface area (Å²) in [6, 6.07) is 4.58. The lowest BCUT2D eigenvalue weighted by Gasteiger charge is -2.32. The summed E-state index contributed by atoms with van der Waals surface area (Å²) in [7, 11) is 0. The van der Waals surface area contributed by atoms with Gasteiger partial charge in [0.15, 0.2) is 5.82 Å². The standard InChI is InChI=1S/C14H18N6/c1-2-13(14(16-5-1)20-10-15-9-17-20)18-12-4-7-19-6-3-11(12)8-19/h1-2,5,9-12,18H,3-4,6-8H2. The predicted octanol–water partition coefficient (Wildman–Crippen LogP) is 1.17. The maximum absolute atomic E-state index is 4.44.